The number of thiol groups is 1. The molecule has 2 nitrogen and oxygen atoms in total. The molecular formula is C13H19BrN2S. The van der Waals surface area contributed by atoms with E-state index in [4.69, 9.17) is 5.73 Å². The molecule has 2 unspecified atom stereocenters. The molecule has 0 radical (unpaired) electrons. The van der Waals surface area contributed by atoms with Crippen molar-refractivity contribution < 1.29 is 0 Å². The molecule has 2 rings (SSSR count). The second-order valence-corrected chi connectivity index (χ2v) is 6.39. The van der Waals surface area contributed by atoms with Crippen molar-refractivity contribution in [3.63, 3.8) is 0 Å². The molecule has 0 saturated heterocycles. The van der Waals surface area contributed by atoms with Crippen molar-refractivity contribution in [2.75, 3.05) is 5.73 Å². The molecule has 2 atom stereocenters. The van der Waals surface area contributed by atoms with Gasteiger partial charge in [-0.05, 0) is 43.0 Å². The third-order valence-electron chi connectivity index (χ3n) is 3.33. The maximum atomic E-state index is 5.96. The Labute approximate surface area is 117 Å². The molecule has 0 bridgehead atoms. The predicted octanol–water partition coefficient (Wildman–Crippen LogP) is 3.36. The van der Waals surface area contributed by atoms with Crippen LogP contribution in [0.25, 0.3) is 0 Å². The summed E-state index contributed by atoms with van der Waals surface area (Å²) in [7, 11) is 0. The number of nitrogens with one attached hydrogen (secondary N) is 1. The molecule has 3 N–H and O–H groups in total. The summed E-state index contributed by atoms with van der Waals surface area (Å²) in [5.41, 5.74) is 7.98. The van der Waals surface area contributed by atoms with Gasteiger partial charge in [0.25, 0.3) is 0 Å². The van der Waals surface area contributed by atoms with Crippen LogP contribution in [0.4, 0.5) is 5.69 Å². The van der Waals surface area contributed by atoms with Crippen molar-refractivity contribution in [3.05, 3.63) is 28.2 Å². The lowest BCUT2D eigenvalue weighted by Crippen LogP contribution is -2.34. The summed E-state index contributed by atoms with van der Waals surface area (Å²) in [6.07, 6.45) is 4.95. The van der Waals surface area contributed by atoms with E-state index in [1.54, 1.807) is 0 Å². The van der Waals surface area contributed by atoms with Gasteiger partial charge in [-0.3, -0.25) is 0 Å². The fraction of sp³-hybridized carbons (Fsp3) is 0.538. The van der Waals surface area contributed by atoms with E-state index in [1.807, 2.05) is 12.1 Å². The summed E-state index contributed by atoms with van der Waals surface area (Å²) < 4.78 is 1.08. The van der Waals surface area contributed by atoms with Crippen molar-refractivity contribution >= 4 is 34.2 Å². The molecule has 17 heavy (non-hydrogen) atoms. The van der Waals surface area contributed by atoms with Gasteiger partial charge in [0, 0.05) is 28.0 Å². The Hall–Kier alpha value is -0.190. The van der Waals surface area contributed by atoms with E-state index >= 15 is 0 Å². The molecule has 1 fully saturated rings. The lowest BCUT2D eigenvalue weighted by Gasteiger charge is -2.27. The molecule has 1 aliphatic carbocycles. The highest BCUT2D eigenvalue weighted by Gasteiger charge is 2.18. The van der Waals surface area contributed by atoms with E-state index in [-0.39, 0.29) is 0 Å². The molecule has 1 saturated carbocycles. The standard InChI is InChI=1S/C13H19BrN2S/c14-10-4-5-13(15)9(6-10)8-16-11-2-1-3-12(17)7-11/h4-6,11-12,16-17H,1-3,7-8,15H2. The van der Waals surface area contributed by atoms with Crippen LogP contribution in [0.1, 0.15) is 31.2 Å². The smallest absolute Gasteiger partial charge is 0.0360 e. The van der Waals surface area contributed by atoms with Gasteiger partial charge < -0.3 is 11.1 Å². The van der Waals surface area contributed by atoms with Crippen LogP contribution in [-0.4, -0.2) is 11.3 Å². The molecule has 0 aliphatic heterocycles. The fourth-order valence-corrected chi connectivity index (χ4v) is 3.18. The number of hydrogen-bond acceptors (Lipinski definition) is 3. The van der Waals surface area contributed by atoms with Crippen LogP contribution in [-0.2, 0) is 6.54 Å². The third kappa shape index (κ3) is 3.90. The zero-order valence-corrected chi connectivity index (χ0v) is 12.3. The first kappa shape index (κ1) is 13.2. The quantitative estimate of drug-likeness (QED) is 0.591. The van der Waals surface area contributed by atoms with Crippen LogP contribution in [0, 0.1) is 0 Å². The molecule has 0 spiro atoms. The minimum atomic E-state index is 0.557. The van der Waals surface area contributed by atoms with Crippen molar-refractivity contribution in [2.45, 2.75) is 43.5 Å². The number of rotatable bonds is 3. The van der Waals surface area contributed by atoms with Gasteiger partial charge in [0.1, 0.15) is 0 Å². The predicted molar refractivity (Wildman–Crippen MR) is 80.4 cm³/mol. The van der Waals surface area contributed by atoms with Crippen molar-refractivity contribution in [2.24, 2.45) is 0 Å². The molecule has 0 amide bonds. The second kappa shape index (κ2) is 6.12. The van der Waals surface area contributed by atoms with Crippen molar-refractivity contribution in [3.8, 4) is 0 Å². The second-order valence-electron chi connectivity index (χ2n) is 4.74. The van der Waals surface area contributed by atoms with Crippen LogP contribution >= 0.6 is 28.6 Å². The Morgan fingerprint density at radius 1 is 1.41 bits per heavy atom. The van der Waals surface area contributed by atoms with Gasteiger partial charge in [-0.1, -0.05) is 22.4 Å². The Morgan fingerprint density at radius 2 is 2.24 bits per heavy atom. The molecule has 4 heteroatoms. The Balaban J connectivity index is 1.90. The molecular weight excluding hydrogens is 296 g/mol. The maximum Gasteiger partial charge on any atom is 0.0360 e. The number of nitrogens with two attached hydrogens (primary N) is 1. The highest BCUT2D eigenvalue weighted by molar-refractivity contribution is 9.10. The van der Waals surface area contributed by atoms with E-state index in [9.17, 15) is 0 Å². The first-order chi connectivity index (χ1) is 8.15. The van der Waals surface area contributed by atoms with Crippen molar-refractivity contribution in [1.82, 2.24) is 5.32 Å². The summed E-state index contributed by atoms with van der Waals surface area (Å²) in [6.45, 7) is 0.844. The van der Waals surface area contributed by atoms with E-state index in [1.165, 1.54) is 24.8 Å². The van der Waals surface area contributed by atoms with Gasteiger partial charge in [0.2, 0.25) is 0 Å². The minimum absolute atomic E-state index is 0.557. The lowest BCUT2D eigenvalue weighted by atomic mass is 9.95. The van der Waals surface area contributed by atoms with Gasteiger partial charge in [-0.15, -0.1) is 0 Å². The highest BCUT2D eigenvalue weighted by Crippen LogP contribution is 2.24. The average Bonchev–Trinajstić information content (AvgIpc) is 2.30. The number of halogens is 1. The average molecular weight is 315 g/mol. The number of nitrogen functional groups attached to an aromatic ring is 1. The van der Waals surface area contributed by atoms with E-state index in [0.717, 1.165) is 23.1 Å². The normalized spacial score (nSPS) is 24.8. The molecule has 0 aromatic heterocycles. The molecule has 1 aliphatic rings. The Bertz CT molecular complexity index is 384. The summed E-state index contributed by atoms with van der Waals surface area (Å²) in [6, 6.07) is 6.60. The fourth-order valence-electron chi connectivity index (χ4n) is 2.33. The number of anilines is 1. The minimum Gasteiger partial charge on any atom is -0.398 e. The number of benzene rings is 1. The van der Waals surface area contributed by atoms with Crippen molar-refractivity contribution in [1.29, 1.82) is 0 Å². The number of hydrogen-bond donors (Lipinski definition) is 3. The summed E-state index contributed by atoms with van der Waals surface area (Å²) in [4.78, 5) is 0. The van der Waals surface area contributed by atoms with Gasteiger partial charge in [-0.25, -0.2) is 0 Å². The maximum absolute atomic E-state index is 5.96. The monoisotopic (exact) mass is 314 g/mol. The first-order valence-electron chi connectivity index (χ1n) is 6.10. The van der Waals surface area contributed by atoms with Gasteiger partial charge in [0.15, 0.2) is 0 Å². The third-order valence-corrected chi connectivity index (χ3v) is 4.30. The topological polar surface area (TPSA) is 38.0 Å². The van der Waals surface area contributed by atoms with E-state index in [0.29, 0.717) is 11.3 Å². The van der Waals surface area contributed by atoms with E-state index < -0.39 is 0 Å². The lowest BCUT2D eigenvalue weighted by molar-refractivity contribution is 0.381. The summed E-state index contributed by atoms with van der Waals surface area (Å²) in [5.74, 6) is 0. The molecule has 1 aromatic carbocycles. The molecule has 0 heterocycles. The summed E-state index contributed by atoms with van der Waals surface area (Å²) in [5, 5.41) is 4.14. The Morgan fingerprint density at radius 3 is 3.00 bits per heavy atom. The summed E-state index contributed by atoms with van der Waals surface area (Å²) >= 11 is 8.04. The van der Waals surface area contributed by atoms with Gasteiger partial charge in [0.05, 0.1) is 0 Å². The largest absolute Gasteiger partial charge is 0.398 e. The first-order valence-corrected chi connectivity index (χ1v) is 7.41. The van der Waals surface area contributed by atoms with Crippen LogP contribution in [0.5, 0.6) is 0 Å². The van der Waals surface area contributed by atoms with Gasteiger partial charge >= 0.3 is 0 Å². The molecule has 1 aromatic rings. The van der Waals surface area contributed by atoms with Crippen LogP contribution < -0.4 is 11.1 Å². The van der Waals surface area contributed by atoms with Crippen LogP contribution in [0.3, 0.4) is 0 Å². The van der Waals surface area contributed by atoms with E-state index in [2.05, 4.69) is 39.9 Å². The zero-order chi connectivity index (χ0) is 12.3. The molecule has 94 valence electrons. The van der Waals surface area contributed by atoms with Crippen LogP contribution in [0.2, 0.25) is 0 Å². The van der Waals surface area contributed by atoms with Crippen LogP contribution in [0.15, 0.2) is 22.7 Å². The SMILES string of the molecule is Nc1ccc(Br)cc1CNC1CCCC(S)C1. The van der Waals surface area contributed by atoms with Gasteiger partial charge in [-0.2, -0.15) is 12.6 Å². The Kier molecular flexibility index (Phi) is 4.77. The highest BCUT2D eigenvalue weighted by atomic mass is 79.9. The zero-order valence-electron chi connectivity index (χ0n) is 9.82.